The summed E-state index contributed by atoms with van der Waals surface area (Å²) in [6.07, 6.45) is 3.76. The summed E-state index contributed by atoms with van der Waals surface area (Å²) in [5.74, 6) is -0.0152. The van der Waals surface area contributed by atoms with Crippen molar-refractivity contribution in [3.05, 3.63) is 92.5 Å². The van der Waals surface area contributed by atoms with Crippen LogP contribution in [-0.2, 0) is 6.42 Å². The molecule has 2 aromatic carbocycles. The van der Waals surface area contributed by atoms with Gasteiger partial charge in [0.2, 0.25) is 0 Å². The molecule has 0 unspecified atom stereocenters. The lowest BCUT2D eigenvalue weighted by Gasteiger charge is -2.60. The molecule has 1 spiro atoms. The summed E-state index contributed by atoms with van der Waals surface area (Å²) in [6.45, 7) is 2.68. The number of nitrogens with zero attached hydrogens (tertiary/aromatic N) is 5. The molecule has 9 nitrogen and oxygen atoms in total. The van der Waals surface area contributed by atoms with E-state index in [0.717, 1.165) is 45.4 Å². The van der Waals surface area contributed by atoms with E-state index >= 15 is 0 Å². The molecule has 7 rings (SSSR count). The fourth-order valence-corrected chi connectivity index (χ4v) is 6.09. The van der Waals surface area contributed by atoms with Crippen molar-refractivity contribution in [2.24, 2.45) is 5.41 Å². The van der Waals surface area contributed by atoms with Gasteiger partial charge in [-0.3, -0.25) is 9.59 Å². The van der Waals surface area contributed by atoms with Gasteiger partial charge in [0.05, 0.1) is 21.1 Å². The number of rotatable bonds is 4. The van der Waals surface area contributed by atoms with E-state index in [9.17, 15) is 14.0 Å². The molecule has 0 radical (unpaired) electrons. The molecule has 2 fully saturated rings. The van der Waals surface area contributed by atoms with Crippen LogP contribution in [0.3, 0.4) is 0 Å². The lowest BCUT2D eigenvalue weighted by atomic mass is 9.72. The maximum Gasteiger partial charge on any atom is 0.272 e. The first-order valence-corrected chi connectivity index (χ1v) is 13.0. The minimum absolute atomic E-state index is 0.0103. The van der Waals surface area contributed by atoms with Crippen molar-refractivity contribution in [3.63, 3.8) is 0 Å². The van der Waals surface area contributed by atoms with Crippen LogP contribution in [0.15, 0.2) is 64.3 Å². The minimum Gasteiger partial charge on any atom is -0.356 e. The first kappa shape index (κ1) is 23.0. The van der Waals surface area contributed by atoms with Crippen molar-refractivity contribution in [3.8, 4) is 0 Å². The molecule has 2 aliphatic rings. The number of hydrogen-bond donors (Lipinski definition) is 2. The summed E-state index contributed by atoms with van der Waals surface area (Å²) < 4.78 is 15.7. The second-order valence-electron chi connectivity index (χ2n) is 10.1. The summed E-state index contributed by atoms with van der Waals surface area (Å²) in [5, 5.41) is 8.01. The topological polar surface area (TPSA) is 111 Å². The first-order valence-electron chi connectivity index (χ1n) is 12.2. The van der Waals surface area contributed by atoms with E-state index in [1.165, 1.54) is 6.07 Å². The van der Waals surface area contributed by atoms with E-state index in [2.05, 4.69) is 46.0 Å². The molecule has 11 heteroatoms. The second-order valence-corrected chi connectivity index (χ2v) is 11.0. The molecule has 5 heterocycles. The molecule has 0 bridgehead atoms. The Hall–Kier alpha value is -4.12. The highest BCUT2D eigenvalue weighted by molar-refractivity contribution is 9.10. The molecule has 38 heavy (non-hydrogen) atoms. The molecule has 2 aliphatic heterocycles. The average molecular weight is 574 g/mol. The highest BCUT2D eigenvalue weighted by atomic mass is 79.9. The fraction of sp³-hybridized carbons (Fsp3) is 0.222. The number of carbonyl (C=O) groups excluding carboxylic acids is 1. The molecule has 0 aliphatic carbocycles. The Morgan fingerprint density at radius 1 is 1.08 bits per heavy atom. The quantitative estimate of drug-likeness (QED) is 0.339. The molecular formula is C27H21BrFN7O2. The van der Waals surface area contributed by atoms with Gasteiger partial charge in [-0.15, -0.1) is 0 Å². The van der Waals surface area contributed by atoms with Crippen LogP contribution >= 0.6 is 15.9 Å². The number of hydrogen-bond acceptors (Lipinski definition) is 6. The number of amides is 1. The Morgan fingerprint density at radius 2 is 1.87 bits per heavy atom. The van der Waals surface area contributed by atoms with Crippen LogP contribution in [0.1, 0.15) is 21.6 Å². The normalized spacial score (nSPS) is 16.2. The third kappa shape index (κ3) is 3.60. The Kier molecular flexibility index (Phi) is 5.12. The van der Waals surface area contributed by atoms with Gasteiger partial charge in [-0.1, -0.05) is 24.3 Å². The average Bonchev–Trinajstić information content (AvgIpc) is 3.26. The van der Waals surface area contributed by atoms with Crippen LogP contribution in [0.5, 0.6) is 0 Å². The first-order chi connectivity index (χ1) is 18.4. The van der Waals surface area contributed by atoms with E-state index in [1.54, 1.807) is 35.5 Å². The van der Waals surface area contributed by atoms with Gasteiger partial charge in [0.25, 0.3) is 11.5 Å². The van der Waals surface area contributed by atoms with Gasteiger partial charge >= 0.3 is 0 Å². The summed E-state index contributed by atoms with van der Waals surface area (Å²) in [4.78, 5) is 41.2. The van der Waals surface area contributed by atoms with Gasteiger partial charge < -0.3 is 14.8 Å². The van der Waals surface area contributed by atoms with Gasteiger partial charge in [-0.05, 0) is 39.7 Å². The number of benzene rings is 2. The molecule has 190 valence electrons. The van der Waals surface area contributed by atoms with E-state index in [0.29, 0.717) is 30.6 Å². The summed E-state index contributed by atoms with van der Waals surface area (Å²) in [5.41, 5.74) is 2.90. The lowest BCUT2D eigenvalue weighted by molar-refractivity contribution is -0.0109. The minimum atomic E-state index is -0.546. The molecule has 0 saturated carbocycles. The number of likely N-dealkylation sites (tertiary alicyclic amines) is 1. The van der Waals surface area contributed by atoms with Crippen LogP contribution in [-0.4, -0.2) is 62.1 Å². The molecule has 2 saturated heterocycles. The third-order valence-corrected chi connectivity index (χ3v) is 8.10. The van der Waals surface area contributed by atoms with Gasteiger partial charge in [-0.25, -0.2) is 19.5 Å². The molecule has 2 N–H and O–H groups in total. The zero-order valence-corrected chi connectivity index (χ0v) is 21.6. The SMILES string of the molecule is O=C(c1cc(Cc2n[nH]c(=O)c3ccccc23)ccc1F)N1CC2(C1)CN(c1ncnc3c(Br)c[nH]c13)C2. The number of aromatic amines is 2. The third-order valence-electron chi connectivity index (χ3n) is 7.50. The maximum atomic E-state index is 14.8. The number of anilines is 1. The van der Waals surface area contributed by atoms with Crippen LogP contribution in [0, 0.1) is 11.2 Å². The van der Waals surface area contributed by atoms with Crippen LogP contribution in [0.4, 0.5) is 10.2 Å². The fourth-order valence-electron chi connectivity index (χ4n) is 5.67. The Labute approximate surface area is 223 Å². The van der Waals surface area contributed by atoms with Crippen LogP contribution < -0.4 is 10.5 Å². The number of nitrogens with one attached hydrogen (secondary N) is 2. The van der Waals surface area contributed by atoms with Crippen molar-refractivity contribution in [2.45, 2.75) is 6.42 Å². The van der Waals surface area contributed by atoms with Gasteiger partial charge in [0.15, 0.2) is 5.82 Å². The largest absolute Gasteiger partial charge is 0.356 e. The predicted octanol–water partition coefficient (Wildman–Crippen LogP) is 3.65. The van der Waals surface area contributed by atoms with E-state index in [4.69, 9.17) is 0 Å². The maximum absolute atomic E-state index is 14.8. The van der Waals surface area contributed by atoms with Crippen molar-refractivity contribution in [1.29, 1.82) is 0 Å². The highest BCUT2D eigenvalue weighted by Gasteiger charge is 2.54. The van der Waals surface area contributed by atoms with E-state index < -0.39 is 5.82 Å². The molecule has 1 amide bonds. The molecule has 3 aromatic heterocycles. The number of H-pyrrole nitrogens is 2. The van der Waals surface area contributed by atoms with Crippen LogP contribution in [0.2, 0.25) is 0 Å². The number of halogens is 2. The van der Waals surface area contributed by atoms with Crippen molar-refractivity contribution < 1.29 is 9.18 Å². The van der Waals surface area contributed by atoms with Crippen LogP contribution in [0.25, 0.3) is 21.8 Å². The molecular weight excluding hydrogens is 553 g/mol. The summed E-state index contributed by atoms with van der Waals surface area (Å²) >= 11 is 3.49. The molecule has 0 atom stereocenters. The zero-order valence-electron chi connectivity index (χ0n) is 20.0. The Morgan fingerprint density at radius 3 is 2.68 bits per heavy atom. The molecule has 5 aromatic rings. The smallest absolute Gasteiger partial charge is 0.272 e. The van der Waals surface area contributed by atoms with Crippen molar-refractivity contribution in [1.82, 2.24) is 30.0 Å². The van der Waals surface area contributed by atoms with E-state index in [1.807, 2.05) is 18.3 Å². The van der Waals surface area contributed by atoms with Gasteiger partial charge in [0.1, 0.15) is 23.2 Å². The summed E-state index contributed by atoms with van der Waals surface area (Å²) in [6, 6.07) is 11.8. The lowest BCUT2D eigenvalue weighted by Crippen LogP contribution is -2.73. The highest BCUT2D eigenvalue weighted by Crippen LogP contribution is 2.43. The van der Waals surface area contributed by atoms with Gasteiger partial charge in [0, 0.05) is 49.6 Å². The monoisotopic (exact) mass is 573 g/mol. The predicted molar refractivity (Wildman–Crippen MR) is 144 cm³/mol. The number of aromatic nitrogens is 5. The van der Waals surface area contributed by atoms with Gasteiger partial charge in [-0.2, -0.15) is 5.10 Å². The number of fused-ring (bicyclic) bond motifs is 2. The number of carbonyl (C=O) groups is 1. The Bertz CT molecular complexity index is 1800. The standard InChI is InChI=1S/C27H21BrFN7O2/c28-19-9-30-23-22(19)31-14-32-24(23)35-10-27(11-35)12-36(13-27)26(38)18-7-15(5-6-20(18)29)8-21-16-3-1-2-4-17(16)25(37)34-33-21/h1-7,9,14,30H,8,10-13H2,(H,34,37). The second kappa shape index (κ2) is 8.45. The zero-order chi connectivity index (χ0) is 26.0. The summed E-state index contributed by atoms with van der Waals surface area (Å²) in [7, 11) is 0. The van der Waals surface area contributed by atoms with Crippen molar-refractivity contribution >= 4 is 49.5 Å². The Balaban J connectivity index is 1.06. The van der Waals surface area contributed by atoms with E-state index in [-0.39, 0.29) is 22.4 Å². The van der Waals surface area contributed by atoms with Crippen molar-refractivity contribution in [2.75, 3.05) is 31.1 Å².